The fourth-order valence-electron chi connectivity index (χ4n) is 22.2. The number of hydrogen-bond acceptors (Lipinski definition) is 0. The fraction of sp³-hybridized carbons (Fsp3) is 0.0167. The van der Waals surface area contributed by atoms with Gasteiger partial charge in [-0.3, -0.25) is 0 Å². The molecule has 0 amide bonds. The highest BCUT2D eigenvalue weighted by Gasteiger charge is 2.44. The van der Waals surface area contributed by atoms with Gasteiger partial charge < -0.3 is 0 Å². The summed E-state index contributed by atoms with van der Waals surface area (Å²) in [6.07, 6.45) is 13.5. The van der Waals surface area contributed by atoms with E-state index in [-0.39, 0.29) is 0 Å². The van der Waals surface area contributed by atoms with Crippen LogP contribution in [0.3, 0.4) is 0 Å². The summed E-state index contributed by atoms with van der Waals surface area (Å²) >= 11 is 0. The van der Waals surface area contributed by atoms with Gasteiger partial charge in [0.1, 0.15) is 0 Å². The predicted octanol–water partition coefficient (Wildman–Crippen LogP) is 30.5. The van der Waals surface area contributed by atoms with Gasteiger partial charge in [-0.1, -0.05) is 406 Å². The van der Waals surface area contributed by atoms with Crippen LogP contribution in [0.15, 0.2) is 394 Å². The molecule has 0 heterocycles. The molecule has 9 aliphatic carbocycles. The zero-order valence-electron chi connectivity index (χ0n) is 65.7. The first-order chi connectivity index (χ1) is 59.6. The lowest BCUT2D eigenvalue weighted by atomic mass is 9.86. The van der Waals surface area contributed by atoms with E-state index in [9.17, 15) is 0 Å². The van der Waals surface area contributed by atoms with Crippen LogP contribution in [0, 0.1) is 0 Å². The van der Waals surface area contributed by atoms with Crippen LogP contribution in [0.1, 0.15) is 128 Å². The molecule has 0 saturated heterocycles. The second-order valence-corrected chi connectivity index (χ2v) is 33.2. The van der Waals surface area contributed by atoms with Crippen LogP contribution in [0.5, 0.6) is 0 Å². The Morgan fingerprint density at radius 1 is 0.175 bits per heavy atom. The van der Waals surface area contributed by atoms with Crippen molar-refractivity contribution in [3.63, 3.8) is 0 Å². The Morgan fingerprint density at radius 3 is 0.925 bits per heavy atom. The molecule has 0 atom stereocenters. The first kappa shape index (κ1) is 66.9. The minimum absolute atomic E-state index is 0.968. The monoisotopic (exact) mass is 1510 g/mol. The van der Waals surface area contributed by atoms with Crippen molar-refractivity contribution >= 4 is 167 Å². The lowest BCUT2D eigenvalue weighted by molar-refractivity contribution is 1.25. The van der Waals surface area contributed by atoms with E-state index >= 15 is 0 Å². The first-order valence-electron chi connectivity index (χ1n) is 42.2. The zero-order chi connectivity index (χ0) is 78.4. The van der Waals surface area contributed by atoms with Crippen molar-refractivity contribution < 1.29 is 0 Å². The van der Waals surface area contributed by atoms with Crippen LogP contribution in [0.25, 0.3) is 167 Å². The lowest BCUT2D eigenvalue weighted by Crippen LogP contribution is -1.95. The topological polar surface area (TPSA) is 0 Å². The molecule has 0 saturated carbocycles. The molecular weight excluding hydrogens is 1440 g/mol. The van der Waals surface area contributed by atoms with E-state index in [4.69, 9.17) is 0 Å². The Bertz CT molecular complexity index is 8180. The van der Waals surface area contributed by atoms with Gasteiger partial charge in [-0.05, 0) is 295 Å². The Hall–Kier alpha value is -15.3. The average Bonchev–Trinajstić information content (AvgIpc) is 1.53. The van der Waals surface area contributed by atoms with E-state index in [1.807, 2.05) is 0 Å². The SMILES string of the molecule is C1=C(C2=C3C(=C(c4ccccc4)c4ccc5ccccc5c43)c3c2ccc2ccccc32)Cc2ccccc21.C1=Cc2cc(C3=C4C(=C(c5ccccc5)c5ccc6ccccc6c54)c4c3ccc3ccccc43)ccc2C1.C1=Cc2ccc(C3=C4C(=C(c5ccccc5)c5ccc6ccccc6c54)c4c3ccc3ccccc43)c3cccc1c23. The van der Waals surface area contributed by atoms with Crippen molar-refractivity contribution in [3.05, 3.63) is 522 Å². The summed E-state index contributed by atoms with van der Waals surface area (Å²) in [7, 11) is 0. The molecule has 19 aromatic carbocycles. The minimum Gasteiger partial charge on any atom is -0.0795 e. The van der Waals surface area contributed by atoms with E-state index in [2.05, 4.69) is 413 Å². The van der Waals surface area contributed by atoms with Gasteiger partial charge in [-0.25, -0.2) is 0 Å². The van der Waals surface area contributed by atoms with Gasteiger partial charge in [0, 0.05) is 0 Å². The molecular formula is C120H72. The van der Waals surface area contributed by atoms with E-state index in [0.29, 0.717) is 0 Å². The van der Waals surface area contributed by atoms with Crippen molar-refractivity contribution in [1.82, 2.24) is 0 Å². The Kier molecular flexibility index (Phi) is 14.5. The number of allylic oxidation sites excluding steroid dienone is 9. The third-order valence-corrected chi connectivity index (χ3v) is 27.1. The second kappa shape index (κ2) is 26.1. The van der Waals surface area contributed by atoms with Gasteiger partial charge >= 0.3 is 0 Å². The smallest absolute Gasteiger partial charge is 0.0000937 e. The van der Waals surface area contributed by atoms with Crippen molar-refractivity contribution in [3.8, 4) is 0 Å². The molecule has 0 aromatic heterocycles. The summed E-state index contributed by atoms with van der Waals surface area (Å²) in [4.78, 5) is 0. The molecule has 0 bridgehead atoms. The molecule has 0 heteroatoms. The summed E-state index contributed by atoms with van der Waals surface area (Å²) in [5.41, 5.74) is 48.7. The molecule has 0 fully saturated rings. The first-order valence-corrected chi connectivity index (χ1v) is 42.2. The maximum atomic E-state index is 2.44. The summed E-state index contributed by atoms with van der Waals surface area (Å²) in [5, 5.41) is 18.4. The molecule has 0 N–H and O–H groups in total. The van der Waals surface area contributed by atoms with Gasteiger partial charge in [-0.2, -0.15) is 0 Å². The van der Waals surface area contributed by atoms with Crippen LogP contribution in [-0.2, 0) is 12.8 Å². The molecule has 0 spiro atoms. The highest BCUT2D eigenvalue weighted by atomic mass is 14.5. The van der Waals surface area contributed by atoms with E-state index in [1.54, 1.807) is 0 Å². The quantitative estimate of drug-likeness (QED) is 0.156. The third kappa shape index (κ3) is 9.70. The molecule has 28 rings (SSSR count). The minimum atomic E-state index is 0.968. The Balaban J connectivity index is 0.0000000974. The summed E-state index contributed by atoms with van der Waals surface area (Å²) in [5.74, 6) is 0. The average molecular weight is 1510 g/mol. The molecule has 552 valence electrons. The molecule has 0 aliphatic heterocycles. The van der Waals surface area contributed by atoms with Gasteiger partial charge in [0.05, 0.1) is 0 Å². The van der Waals surface area contributed by atoms with E-state index < -0.39 is 0 Å². The van der Waals surface area contributed by atoms with Gasteiger partial charge in [0.2, 0.25) is 0 Å². The highest BCUT2D eigenvalue weighted by molar-refractivity contribution is 6.43. The zero-order valence-corrected chi connectivity index (χ0v) is 65.7. The second-order valence-electron chi connectivity index (χ2n) is 33.2. The maximum absolute atomic E-state index is 2.44. The maximum Gasteiger partial charge on any atom is -0.0000937 e. The van der Waals surface area contributed by atoms with Gasteiger partial charge in [-0.15, -0.1) is 0 Å². The molecule has 0 unspecified atom stereocenters. The highest BCUT2D eigenvalue weighted by Crippen LogP contribution is 2.66. The van der Waals surface area contributed by atoms with E-state index in [1.165, 1.54) is 276 Å². The molecule has 0 nitrogen and oxygen atoms in total. The third-order valence-electron chi connectivity index (χ3n) is 27.1. The molecule has 9 aliphatic rings. The molecule has 120 heavy (non-hydrogen) atoms. The van der Waals surface area contributed by atoms with Crippen molar-refractivity contribution in [2.24, 2.45) is 0 Å². The summed E-state index contributed by atoms with van der Waals surface area (Å²) in [6, 6.07) is 142. The number of fused-ring (bicyclic) bond motifs is 29. The molecule has 0 radical (unpaired) electrons. The number of rotatable bonds is 6. The van der Waals surface area contributed by atoms with Crippen LogP contribution in [0.2, 0.25) is 0 Å². The van der Waals surface area contributed by atoms with Gasteiger partial charge in [0.15, 0.2) is 0 Å². The predicted molar refractivity (Wildman–Crippen MR) is 510 cm³/mol. The van der Waals surface area contributed by atoms with Crippen molar-refractivity contribution in [1.29, 1.82) is 0 Å². The van der Waals surface area contributed by atoms with Crippen LogP contribution in [-0.4, -0.2) is 0 Å². The number of hydrogen-bond donors (Lipinski definition) is 0. The van der Waals surface area contributed by atoms with E-state index in [0.717, 1.165) is 12.8 Å². The molecule has 19 aromatic rings. The fourth-order valence-corrected chi connectivity index (χ4v) is 22.2. The van der Waals surface area contributed by atoms with Crippen LogP contribution >= 0.6 is 0 Å². The lowest BCUT2D eigenvalue weighted by Gasteiger charge is -2.16. The standard InChI is InChI=1S/C42H24.2C39H24/c1-2-11-27(12-3-1)37-34-23-19-25-9-4-6-14-30(25)38(34)42-40(33-22-21-29-18-17-28-13-8-16-32(33)36(28)29)35-24-20-26-10-5-7-15-31(26)39(35)41(37)42;1-2-11-27(12-3-1)34-32-21-19-25-9-4-6-15-30(25)36(32)39-35(29-18-17-24-13-8-14-28(24)23-29)33-22-20-26-10-5-7-16-31(26)37(33)38(34)39;1-2-12-26(13-3-1)34-32-20-18-24-10-6-8-16-30(24)36(32)39-35(29-22-27-14-4-5-15-28(27)23-29)33-21-19-25-11-7-9-17-31(25)37(33)38(34)39/h1-24H;1-12,14-23H,13H2;1-22H,23H2. The van der Waals surface area contributed by atoms with Crippen molar-refractivity contribution in [2.45, 2.75) is 12.8 Å². The Labute approximate surface area is 696 Å². The van der Waals surface area contributed by atoms with Gasteiger partial charge in [0.25, 0.3) is 0 Å². The normalized spacial score (nSPS) is 14.7. The largest absolute Gasteiger partial charge is 0.0795 e. The summed E-state index contributed by atoms with van der Waals surface area (Å²) in [6.45, 7) is 0. The van der Waals surface area contributed by atoms with Crippen LogP contribution < -0.4 is 0 Å². The van der Waals surface area contributed by atoms with Crippen molar-refractivity contribution in [2.75, 3.05) is 0 Å². The number of benzene rings is 19. The van der Waals surface area contributed by atoms with Crippen LogP contribution in [0.4, 0.5) is 0 Å². The summed E-state index contributed by atoms with van der Waals surface area (Å²) < 4.78 is 0. The Morgan fingerprint density at radius 2 is 0.500 bits per heavy atom.